The van der Waals surface area contributed by atoms with Crippen LogP contribution < -0.4 is 10.6 Å². The number of hydrogen-bond donors (Lipinski definition) is 2. The summed E-state index contributed by atoms with van der Waals surface area (Å²) in [5.41, 5.74) is 1.34. The molecular weight excluding hydrogens is 324 g/mol. The molecule has 4 nitrogen and oxygen atoms in total. The van der Waals surface area contributed by atoms with E-state index in [4.69, 9.17) is 0 Å². The van der Waals surface area contributed by atoms with Crippen molar-refractivity contribution in [3.05, 3.63) is 32.2 Å². The average molecular weight is 341 g/mol. The number of halogens is 1. The summed E-state index contributed by atoms with van der Waals surface area (Å²) in [4.78, 5) is 11.1. The van der Waals surface area contributed by atoms with Gasteiger partial charge in [-0.3, -0.25) is 0 Å². The Hall–Kier alpha value is -1.14. The lowest BCUT2D eigenvalue weighted by Gasteiger charge is -2.10. The second-order valence-electron chi connectivity index (χ2n) is 4.22. The summed E-state index contributed by atoms with van der Waals surface area (Å²) in [5.74, 6) is 1.63. The quantitative estimate of drug-likeness (QED) is 0.864. The summed E-state index contributed by atoms with van der Waals surface area (Å²) in [5, 5.41) is 6.53. The third-order valence-electron chi connectivity index (χ3n) is 2.78. The topological polar surface area (TPSA) is 49.8 Å². The molecule has 102 valence electrons. The first-order valence-electron chi connectivity index (χ1n) is 6.16. The third kappa shape index (κ3) is 3.45. The molecule has 6 heteroatoms. The fourth-order valence-electron chi connectivity index (χ4n) is 1.69. The van der Waals surface area contributed by atoms with Crippen LogP contribution in [0.3, 0.4) is 0 Å². The Kier molecular flexibility index (Phi) is 4.76. The molecular formula is C13H17BrN4S. The van der Waals surface area contributed by atoms with Crippen LogP contribution in [0.25, 0.3) is 0 Å². The number of rotatable bonds is 5. The minimum absolute atomic E-state index is 0.778. The number of nitrogens with zero attached hydrogens (tertiary/aromatic N) is 2. The molecule has 0 saturated heterocycles. The van der Waals surface area contributed by atoms with Gasteiger partial charge in [-0.1, -0.05) is 0 Å². The first-order valence-corrected chi connectivity index (χ1v) is 7.77. The van der Waals surface area contributed by atoms with Gasteiger partial charge in [0.2, 0.25) is 0 Å². The minimum Gasteiger partial charge on any atom is -0.369 e. The smallest absolute Gasteiger partial charge is 0.146 e. The van der Waals surface area contributed by atoms with Gasteiger partial charge in [0.15, 0.2) is 0 Å². The average Bonchev–Trinajstić information content (AvgIpc) is 2.70. The summed E-state index contributed by atoms with van der Waals surface area (Å²) in [6.07, 6.45) is 1.57. The highest BCUT2D eigenvalue weighted by atomic mass is 79.9. The second-order valence-corrected chi connectivity index (χ2v) is 6.35. The predicted octanol–water partition coefficient (Wildman–Crippen LogP) is 3.96. The van der Waals surface area contributed by atoms with Crippen molar-refractivity contribution < 1.29 is 0 Å². The molecule has 2 aromatic rings. The molecule has 0 radical (unpaired) electrons. The van der Waals surface area contributed by atoms with E-state index < -0.39 is 0 Å². The Morgan fingerprint density at radius 1 is 1.21 bits per heavy atom. The largest absolute Gasteiger partial charge is 0.369 e. The van der Waals surface area contributed by atoms with Crippen LogP contribution in [0.5, 0.6) is 0 Å². The van der Waals surface area contributed by atoms with Crippen LogP contribution in [-0.2, 0) is 6.54 Å². The number of thiophene rings is 1. The highest BCUT2D eigenvalue weighted by molar-refractivity contribution is 9.10. The van der Waals surface area contributed by atoms with E-state index >= 15 is 0 Å². The van der Waals surface area contributed by atoms with Crippen LogP contribution in [0.4, 0.5) is 11.6 Å². The van der Waals surface area contributed by atoms with Gasteiger partial charge in [0, 0.05) is 16.3 Å². The highest BCUT2D eigenvalue weighted by Crippen LogP contribution is 2.27. The van der Waals surface area contributed by atoms with Crippen molar-refractivity contribution in [1.29, 1.82) is 0 Å². The Morgan fingerprint density at radius 2 is 1.89 bits per heavy atom. The van der Waals surface area contributed by atoms with Gasteiger partial charge >= 0.3 is 0 Å². The fraction of sp³-hybridized carbons (Fsp3) is 0.385. The van der Waals surface area contributed by atoms with E-state index in [1.54, 1.807) is 6.33 Å². The fourth-order valence-corrected chi connectivity index (χ4v) is 3.17. The molecule has 2 heterocycles. The molecule has 19 heavy (non-hydrogen) atoms. The molecule has 0 amide bonds. The van der Waals surface area contributed by atoms with Crippen LogP contribution in [0.2, 0.25) is 0 Å². The lowest BCUT2D eigenvalue weighted by Crippen LogP contribution is -2.05. The molecule has 0 unspecified atom stereocenters. The molecule has 0 aromatic carbocycles. The van der Waals surface area contributed by atoms with E-state index in [2.05, 4.69) is 56.4 Å². The van der Waals surface area contributed by atoms with E-state index in [-0.39, 0.29) is 0 Å². The Balaban J connectivity index is 2.09. The normalized spacial score (nSPS) is 10.5. The molecule has 0 bridgehead atoms. The highest BCUT2D eigenvalue weighted by Gasteiger charge is 2.08. The van der Waals surface area contributed by atoms with E-state index in [9.17, 15) is 0 Å². The van der Waals surface area contributed by atoms with Crippen molar-refractivity contribution in [3.8, 4) is 0 Å². The monoisotopic (exact) mass is 340 g/mol. The lowest BCUT2D eigenvalue weighted by molar-refractivity contribution is 1.07. The van der Waals surface area contributed by atoms with Crippen molar-refractivity contribution in [1.82, 2.24) is 9.97 Å². The summed E-state index contributed by atoms with van der Waals surface area (Å²) in [7, 11) is 0. The Morgan fingerprint density at radius 3 is 2.47 bits per heavy atom. The first-order chi connectivity index (χ1) is 9.11. The molecule has 0 aliphatic carbocycles. The second kappa shape index (κ2) is 6.34. The van der Waals surface area contributed by atoms with Crippen molar-refractivity contribution in [2.75, 3.05) is 17.2 Å². The van der Waals surface area contributed by atoms with Gasteiger partial charge in [0.05, 0.1) is 6.54 Å². The molecule has 2 rings (SSSR count). The number of aromatic nitrogens is 2. The number of hydrogen-bond acceptors (Lipinski definition) is 5. The zero-order valence-corrected chi connectivity index (χ0v) is 13.7. The Labute approximate surface area is 125 Å². The molecule has 0 saturated carbocycles. The summed E-state index contributed by atoms with van der Waals surface area (Å²) in [6.45, 7) is 7.93. The molecule has 0 atom stereocenters. The van der Waals surface area contributed by atoms with E-state index in [1.165, 1.54) is 15.3 Å². The van der Waals surface area contributed by atoms with Crippen LogP contribution in [0.1, 0.15) is 22.2 Å². The SMILES string of the molecule is CCNc1ncnc(NCc2cc(C)c(C)s2)c1Br. The molecule has 0 aliphatic rings. The molecule has 2 aromatic heterocycles. The minimum atomic E-state index is 0.778. The molecule has 0 spiro atoms. The van der Waals surface area contributed by atoms with Crippen LogP contribution in [0.15, 0.2) is 16.9 Å². The lowest BCUT2D eigenvalue weighted by atomic mass is 10.3. The summed E-state index contributed by atoms with van der Waals surface area (Å²) >= 11 is 5.35. The van der Waals surface area contributed by atoms with Crippen molar-refractivity contribution >= 4 is 38.9 Å². The van der Waals surface area contributed by atoms with Gasteiger partial charge in [-0.2, -0.15) is 0 Å². The van der Waals surface area contributed by atoms with Gasteiger partial charge in [-0.15, -0.1) is 11.3 Å². The van der Waals surface area contributed by atoms with E-state index in [1.807, 2.05) is 18.3 Å². The molecule has 2 N–H and O–H groups in total. The maximum Gasteiger partial charge on any atom is 0.146 e. The van der Waals surface area contributed by atoms with Gasteiger partial charge in [0.1, 0.15) is 22.4 Å². The number of anilines is 2. The van der Waals surface area contributed by atoms with E-state index in [0.717, 1.165) is 29.2 Å². The van der Waals surface area contributed by atoms with Crippen molar-refractivity contribution in [3.63, 3.8) is 0 Å². The van der Waals surface area contributed by atoms with Crippen molar-refractivity contribution in [2.45, 2.75) is 27.3 Å². The third-order valence-corrected chi connectivity index (χ3v) is 4.68. The molecule has 0 fully saturated rings. The van der Waals surface area contributed by atoms with Crippen LogP contribution in [0, 0.1) is 13.8 Å². The predicted molar refractivity (Wildman–Crippen MR) is 85.0 cm³/mol. The van der Waals surface area contributed by atoms with Gasteiger partial charge in [-0.25, -0.2) is 9.97 Å². The van der Waals surface area contributed by atoms with Crippen LogP contribution in [-0.4, -0.2) is 16.5 Å². The zero-order chi connectivity index (χ0) is 13.8. The standard InChI is InChI=1S/C13H17BrN4S/c1-4-15-12-11(14)13(18-7-17-12)16-6-10-5-8(2)9(3)19-10/h5,7H,4,6H2,1-3H3,(H2,15,16,17,18). The van der Waals surface area contributed by atoms with Crippen LogP contribution >= 0.6 is 27.3 Å². The zero-order valence-electron chi connectivity index (χ0n) is 11.2. The Bertz CT molecular complexity index is 548. The maximum absolute atomic E-state index is 4.26. The van der Waals surface area contributed by atoms with Gasteiger partial charge in [0.25, 0.3) is 0 Å². The first kappa shape index (κ1) is 14.3. The number of nitrogens with one attached hydrogen (secondary N) is 2. The summed E-state index contributed by atoms with van der Waals surface area (Å²) < 4.78 is 0.877. The number of aryl methyl sites for hydroxylation is 2. The van der Waals surface area contributed by atoms with Gasteiger partial charge in [-0.05, 0) is 48.3 Å². The summed E-state index contributed by atoms with van der Waals surface area (Å²) in [6, 6.07) is 2.22. The van der Waals surface area contributed by atoms with E-state index in [0.29, 0.717) is 0 Å². The van der Waals surface area contributed by atoms with Crippen molar-refractivity contribution in [2.24, 2.45) is 0 Å². The molecule has 0 aliphatic heterocycles. The van der Waals surface area contributed by atoms with Gasteiger partial charge < -0.3 is 10.6 Å². The maximum atomic E-state index is 4.26.